The number of fused-ring (bicyclic) bond motifs is 1. The van der Waals surface area contributed by atoms with Gasteiger partial charge in [-0.3, -0.25) is 0 Å². The van der Waals surface area contributed by atoms with Crippen molar-refractivity contribution in [3.8, 4) is 5.75 Å². The molecule has 3 nitrogen and oxygen atoms in total. The third kappa shape index (κ3) is 4.50. The first-order valence-corrected chi connectivity index (χ1v) is 7.75. The molecule has 112 valence electrons. The number of benzene rings is 1. The van der Waals surface area contributed by atoms with Crippen molar-refractivity contribution >= 4 is 0 Å². The molecule has 1 aliphatic rings. The summed E-state index contributed by atoms with van der Waals surface area (Å²) < 4.78 is 11.3. The van der Waals surface area contributed by atoms with Gasteiger partial charge in [-0.2, -0.15) is 0 Å². The lowest BCUT2D eigenvalue weighted by Crippen LogP contribution is -2.17. The molecule has 2 rings (SSSR count). The second kappa shape index (κ2) is 7.65. The molecule has 1 aromatic rings. The van der Waals surface area contributed by atoms with E-state index < -0.39 is 0 Å². The van der Waals surface area contributed by atoms with E-state index in [4.69, 9.17) is 15.2 Å². The molecule has 0 spiro atoms. The van der Waals surface area contributed by atoms with E-state index in [1.54, 1.807) is 0 Å². The molecule has 0 aromatic heterocycles. The molecule has 1 atom stereocenters. The van der Waals surface area contributed by atoms with Gasteiger partial charge in [0.1, 0.15) is 12.4 Å². The molecule has 1 unspecified atom stereocenters. The minimum Gasteiger partial charge on any atom is -0.491 e. The maximum absolute atomic E-state index is 6.11. The molecule has 0 saturated heterocycles. The van der Waals surface area contributed by atoms with E-state index in [0.717, 1.165) is 31.6 Å². The maximum atomic E-state index is 6.11. The monoisotopic (exact) mass is 277 g/mol. The molecule has 0 amide bonds. The summed E-state index contributed by atoms with van der Waals surface area (Å²) in [6, 6.07) is 6.49. The molecule has 3 heteroatoms. The summed E-state index contributed by atoms with van der Waals surface area (Å²) in [5.41, 5.74) is 8.75. The van der Waals surface area contributed by atoms with Crippen molar-refractivity contribution in [2.24, 2.45) is 11.7 Å². The third-order valence-electron chi connectivity index (χ3n) is 3.81. The number of hydrogen-bond acceptors (Lipinski definition) is 3. The van der Waals surface area contributed by atoms with Crippen LogP contribution in [0.3, 0.4) is 0 Å². The fraction of sp³-hybridized carbons (Fsp3) is 0.647. The Morgan fingerprint density at radius 3 is 2.90 bits per heavy atom. The first kappa shape index (κ1) is 15.3. The Morgan fingerprint density at radius 1 is 1.25 bits per heavy atom. The number of hydrogen-bond donors (Lipinski definition) is 1. The standard InChI is InChI=1S/C17H27NO2/c1-13(2)8-9-19-10-11-20-15-6-7-16-14(12-15)4-3-5-17(16)18/h6-7,12-13,17H,3-5,8-11,18H2,1-2H3. The lowest BCUT2D eigenvalue weighted by Gasteiger charge is -2.22. The van der Waals surface area contributed by atoms with Gasteiger partial charge in [0, 0.05) is 12.6 Å². The fourth-order valence-electron chi connectivity index (χ4n) is 2.56. The first-order valence-electron chi connectivity index (χ1n) is 7.75. The van der Waals surface area contributed by atoms with Crippen LogP contribution in [0, 0.1) is 5.92 Å². The number of ether oxygens (including phenoxy) is 2. The fourth-order valence-corrected chi connectivity index (χ4v) is 2.56. The smallest absolute Gasteiger partial charge is 0.119 e. The van der Waals surface area contributed by atoms with Gasteiger partial charge in [-0.15, -0.1) is 0 Å². The van der Waals surface area contributed by atoms with Crippen LogP contribution in [0.25, 0.3) is 0 Å². The topological polar surface area (TPSA) is 44.5 Å². The average Bonchev–Trinajstić information content (AvgIpc) is 2.42. The van der Waals surface area contributed by atoms with Gasteiger partial charge in [-0.05, 0) is 54.9 Å². The predicted molar refractivity (Wildman–Crippen MR) is 82.1 cm³/mol. The minimum atomic E-state index is 0.201. The zero-order valence-electron chi connectivity index (χ0n) is 12.7. The molecule has 0 radical (unpaired) electrons. The Kier molecular flexibility index (Phi) is 5.86. The molecule has 0 bridgehead atoms. The Bertz CT molecular complexity index is 417. The molecular formula is C17H27NO2. The highest BCUT2D eigenvalue weighted by Crippen LogP contribution is 2.30. The quantitative estimate of drug-likeness (QED) is 0.776. The first-order chi connectivity index (χ1) is 9.66. The van der Waals surface area contributed by atoms with Crippen molar-refractivity contribution in [3.05, 3.63) is 29.3 Å². The van der Waals surface area contributed by atoms with Crippen LogP contribution in [-0.2, 0) is 11.2 Å². The SMILES string of the molecule is CC(C)CCOCCOc1ccc2c(c1)CCCC2N. The summed E-state index contributed by atoms with van der Waals surface area (Å²) in [5.74, 6) is 1.63. The second-order valence-corrected chi connectivity index (χ2v) is 6.00. The van der Waals surface area contributed by atoms with Crippen molar-refractivity contribution in [1.29, 1.82) is 0 Å². The van der Waals surface area contributed by atoms with Crippen molar-refractivity contribution in [3.63, 3.8) is 0 Å². The van der Waals surface area contributed by atoms with Gasteiger partial charge in [0.25, 0.3) is 0 Å². The molecule has 2 N–H and O–H groups in total. The van der Waals surface area contributed by atoms with Gasteiger partial charge >= 0.3 is 0 Å². The average molecular weight is 277 g/mol. The highest BCUT2D eigenvalue weighted by Gasteiger charge is 2.16. The van der Waals surface area contributed by atoms with Crippen molar-refractivity contribution in [2.75, 3.05) is 19.8 Å². The Morgan fingerprint density at radius 2 is 2.10 bits per heavy atom. The lowest BCUT2D eigenvalue weighted by atomic mass is 9.88. The highest BCUT2D eigenvalue weighted by molar-refractivity contribution is 5.38. The lowest BCUT2D eigenvalue weighted by molar-refractivity contribution is 0.0925. The van der Waals surface area contributed by atoms with E-state index in [-0.39, 0.29) is 6.04 Å². The van der Waals surface area contributed by atoms with Gasteiger partial charge in [-0.1, -0.05) is 19.9 Å². The zero-order valence-corrected chi connectivity index (χ0v) is 12.7. The largest absolute Gasteiger partial charge is 0.491 e. The Balaban J connectivity index is 1.74. The Labute approximate surface area is 122 Å². The zero-order chi connectivity index (χ0) is 14.4. The van der Waals surface area contributed by atoms with Crippen LogP contribution in [0.4, 0.5) is 0 Å². The summed E-state index contributed by atoms with van der Waals surface area (Å²) in [6.45, 7) is 6.50. The van der Waals surface area contributed by atoms with Crippen LogP contribution < -0.4 is 10.5 Å². The van der Waals surface area contributed by atoms with Crippen molar-refractivity contribution in [2.45, 2.75) is 45.6 Å². The molecule has 0 aliphatic heterocycles. The molecule has 0 saturated carbocycles. The van der Waals surface area contributed by atoms with E-state index in [9.17, 15) is 0 Å². The van der Waals surface area contributed by atoms with E-state index in [2.05, 4.69) is 26.0 Å². The van der Waals surface area contributed by atoms with Crippen LogP contribution in [0.1, 0.15) is 50.3 Å². The predicted octanol–water partition coefficient (Wildman–Crippen LogP) is 3.46. The highest BCUT2D eigenvalue weighted by atomic mass is 16.5. The number of aryl methyl sites for hydroxylation is 1. The van der Waals surface area contributed by atoms with Crippen LogP contribution in [0.15, 0.2) is 18.2 Å². The van der Waals surface area contributed by atoms with Gasteiger partial charge in [0.2, 0.25) is 0 Å². The number of rotatable bonds is 7. The van der Waals surface area contributed by atoms with E-state index in [1.807, 2.05) is 6.07 Å². The summed E-state index contributed by atoms with van der Waals surface area (Å²) in [5, 5.41) is 0. The van der Waals surface area contributed by atoms with Gasteiger partial charge in [0.15, 0.2) is 0 Å². The third-order valence-corrected chi connectivity index (χ3v) is 3.81. The van der Waals surface area contributed by atoms with Gasteiger partial charge in [-0.25, -0.2) is 0 Å². The molecule has 0 fully saturated rings. The summed E-state index contributed by atoms with van der Waals surface area (Å²) in [6.07, 6.45) is 4.49. The Hall–Kier alpha value is -1.06. The molecule has 1 aliphatic carbocycles. The van der Waals surface area contributed by atoms with Gasteiger partial charge < -0.3 is 15.2 Å². The normalized spacial score (nSPS) is 18.1. The van der Waals surface area contributed by atoms with Crippen molar-refractivity contribution < 1.29 is 9.47 Å². The van der Waals surface area contributed by atoms with Crippen molar-refractivity contribution in [1.82, 2.24) is 0 Å². The van der Waals surface area contributed by atoms with Crippen LogP contribution >= 0.6 is 0 Å². The van der Waals surface area contributed by atoms with Crippen LogP contribution in [0.2, 0.25) is 0 Å². The maximum Gasteiger partial charge on any atom is 0.119 e. The molecular weight excluding hydrogens is 250 g/mol. The van der Waals surface area contributed by atoms with Crippen LogP contribution in [-0.4, -0.2) is 19.8 Å². The molecule has 0 heterocycles. The molecule has 20 heavy (non-hydrogen) atoms. The second-order valence-electron chi connectivity index (χ2n) is 6.00. The van der Waals surface area contributed by atoms with E-state index in [1.165, 1.54) is 17.5 Å². The summed E-state index contributed by atoms with van der Waals surface area (Å²) in [4.78, 5) is 0. The van der Waals surface area contributed by atoms with E-state index >= 15 is 0 Å². The molecule has 1 aromatic carbocycles. The summed E-state index contributed by atoms with van der Waals surface area (Å²) in [7, 11) is 0. The van der Waals surface area contributed by atoms with E-state index in [0.29, 0.717) is 19.1 Å². The van der Waals surface area contributed by atoms with Crippen LogP contribution in [0.5, 0.6) is 5.75 Å². The summed E-state index contributed by atoms with van der Waals surface area (Å²) >= 11 is 0. The van der Waals surface area contributed by atoms with Gasteiger partial charge in [0.05, 0.1) is 6.61 Å². The number of nitrogens with two attached hydrogens (primary N) is 1. The minimum absolute atomic E-state index is 0.201.